The predicted molar refractivity (Wildman–Crippen MR) is 116 cm³/mol. The van der Waals surface area contributed by atoms with Crippen molar-refractivity contribution in [2.45, 2.75) is 31.9 Å². The Bertz CT molecular complexity index is 1170. The van der Waals surface area contributed by atoms with Gasteiger partial charge >= 0.3 is 0 Å². The number of ether oxygens (including phenoxy) is 1. The number of piperidine rings is 1. The van der Waals surface area contributed by atoms with Gasteiger partial charge in [-0.05, 0) is 12.1 Å². The van der Waals surface area contributed by atoms with Crippen molar-refractivity contribution in [3.63, 3.8) is 0 Å². The zero-order valence-electron chi connectivity index (χ0n) is 18.0. The van der Waals surface area contributed by atoms with Crippen molar-refractivity contribution in [3.8, 4) is 23.1 Å². The number of aromatic nitrogens is 4. The second-order valence-corrected chi connectivity index (χ2v) is 8.27. The van der Waals surface area contributed by atoms with E-state index >= 15 is 0 Å². The molecule has 8 nitrogen and oxygen atoms in total. The first kappa shape index (κ1) is 21.3. The van der Waals surface area contributed by atoms with Gasteiger partial charge in [0.15, 0.2) is 17.4 Å². The second-order valence-electron chi connectivity index (χ2n) is 8.27. The number of fused-ring (bicyclic) bond motifs is 1. The van der Waals surface area contributed by atoms with Crippen molar-refractivity contribution < 1.29 is 13.5 Å². The maximum atomic E-state index is 14.0. The van der Waals surface area contributed by atoms with Gasteiger partial charge in [-0.3, -0.25) is 10.00 Å². The van der Waals surface area contributed by atoms with Gasteiger partial charge in [0, 0.05) is 63.3 Å². The highest BCUT2D eigenvalue weighted by atomic mass is 19.1. The first-order chi connectivity index (χ1) is 16.1. The van der Waals surface area contributed by atoms with Crippen LogP contribution in [0.5, 0.6) is 5.75 Å². The van der Waals surface area contributed by atoms with Crippen LogP contribution in [0.3, 0.4) is 0 Å². The third-order valence-electron chi connectivity index (χ3n) is 6.07. The van der Waals surface area contributed by atoms with E-state index in [0.717, 1.165) is 47.5 Å². The molecule has 170 valence electrons. The first-order valence-corrected chi connectivity index (χ1v) is 11.0. The number of H-pyrrole nitrogens is 1. The average Bonchev–Trinajstić information content (AvgIpc) is 3.36. The number of anilines is 1. The van der Waals surface area contributed by atoms with Crippen LogP contribution < -0.4 is 9.64 Å². The number of hydrogen-bond donors (Lipinski definition) is 1. The van der Waals surface area contributed by atoms with E-state index in [9.17, 15) is 8.78 Å². The minimum Gasteiger partial charge on any atom is -0.487 e. The lowest BCUT2D eigenvalue weighted by atomic mass is 10.1. The molecule has 0 radical (unpaired) electrons. The molecule has 1 fully saturated rings. The summed E-state index contributed by atoms with van der Waals surface area (Å²) in [4.78, 5) is 14.2. The van der Waals surface area contributed by atoms with Crippen LogP contribution in [0.25, 0.3) is 11.3 Å². The summed E-state index contributed by atoms with van der Waals surface area (Å²) in [5.41, 5.74) is 3.45. The summed E-state index contributed by atoms with van der Waals surface area (Å²) in [6.45, 7) is 3.09. The van der Waals surface area contributed by atoms with E-state index in [4.69, 9.17) is 20.0 Å². The van der Waals surface area contributed by atoms with Gasteiger partial charge in [0.25, 0.3) is 0 Å². The number of rotatable bonds is 5. The fourth-order valence-corrected chi connectivity index (χ4v) is 4.34. The van der Waals surface area contributed by atoms with Gasteiger partial charge in [0.05, 0.1) is 30.2 Å². The molecule has 2 aromatic heterocycles. The maximum absolute atomic E-state index is 14.0. The van der Waals surface area contributed by atoms with E-state index in [1.807, 2.05) is 0 Å². The minimum atomic E-state index is -0.689. The van der Waals surface area contributed by atoms with Gasteiger partial charge in [-0.1, -0.05) is 0 Å². The molecular weight excluding hydrogens is 428 g/mol. The van der Waals surface area contributed by atoms with Gasteiger partial charge in [-0.25, -0.2) is 18.7 Å². The number of nitrogens with one attached hydrogen (secondary N) is 1. The van der Waals surface area contributed by atoms with Crippen LogP contribution in [-0.4, -0.2) is 57.3 Å². The van der Waals surface area contributed by atoms with Crippen LogP contribution in [0.15, 0.2) is 30.6 Å². The maximum Gasteiger partial charge on any atom is 0.167 e. The third kappa shape index (κ3) is 4.50. The molecule has 0 saturated carbocycles. The normalized spacial score (nSPS) is 16.9. The smallest absolute Gasteiger partial charge is 0.167 e. The van der Waals surface area contributed by atoms with Crippen molar-refractivity contribution in [2.75, 3.05) is 31.1 Å². The zero-order chi connectivity index (χ0) is 22.8. The Morgan fingerprint density at radius 3 is 2.73 bits per heavy atom. The molecule has 33 heavy (non-hydrogen) atoms. The van der Waals surface area contributed by atoms with Crippen molar-refractivity contribution in [1.29, 1.82) is 5.26 Å². The summed E-state index contributed by atoms with van der Waals surface area (Å²) in [6.07, 6.45) is 5.45. The summed E-state index contributed by atoms with van der Waals surface area (Å²) < 4.78 is 32.9. The average molecular weight is 451 g/mol. The van der Waals surface area contributed by atoms with E-state index in [-0.39, 0.29) is 11.9 Å². The first-order valence-electron chi connectivity index (χ1n) is 11.0. The number of benzene rings is 1. The summed E-state index contributed by atoms with van der Waals surface area (Å²) in [6, 6.07) is 5.57. The molecule has 10 heteroatoms. The lowest BCUT2D eigenvalue weighted by Gasteiger charge is -2.35. The molecule has 0 aliphatic carbocycles. The van der Waals surface area contributed by atoms with Crippen molar-refractivity contribution in [2.24, 2.45) is 0 Å². The van der Waals surface area contributed by atoms with Crippen LogP contribution in [0.4, 0.5) is 14.6 Å². The molecule has 0 spiro atoms. The fourth-order valence-electron chi connectivity index (χ4n) is 4.34. The summed E-state index contributed by atoms with van der Waals surface area (Å²) >= 11 is 0. The number of hydrogen-bond acceptors (Lipinski definition) is 7. The Morgan fingerprint density at radius 2 is 2.00 bits per heavy atom. The Hall–Kier alpha value is -3.58. The highest BCUT2D eigenvalue weighted by Crippen LogP contribution is 2.32. The highest BCUT2D eigenvalue weighted by Gasteiger charge is 2.28. The molecule has 0 atom stereocenters. The molecule has 3 aromatic rings. The molecule has 4 heterocycles. The number of nitrogens with zero attached hydrogens (tertiary/aromatic N) is 6. The topological polar surface area (TPSA) is 94.0 Å². The zero-order valence-corrected chi connectivity index (χ0v) is 18.0. The van der Waals surface area contributed by atoms with Gasteiger partial charge in [-0.2, -0.15) is 10.4 Å². The van der Waals surface area contributed by atoms with Gasteiger partial charge in [0.1, 0.15) is 17.6 Å². The minimum absolute atomic E-state index is 0.0735. The molecule has 0 amide bonds. The van der Waals surface area contributed by atoms with E-state index in [1.165, 1.54) is 12.1 Å². The van der Waals surface area contributed by atoms with E-state index < -0.39 is 11.6 Å². The van der Waals surface area contributed by atoms with Crippen molar-refractivity contribution in [1.82, 2.24) is 25.1 Å². The standard InChI is InChI=1S/C23H23F2N7O/c24-16-1-2-21(18(25)11-16)33-17-3-8-32(9-4-17)23-22(15-12-27-28-13-15)29-20-14-31(10-6-26)7-5-19(20)30-23/h1-2,11-13,17H,3-5,7-10,14H2,(H,27,28). The fraction of sp³-hybridized carbons (Fsp3) is 0.391. The van der Waals surface area contributed by atoms with Gasteiger partial charge in [-0.15, -0.1) is 0 Å². The molecule has 5 rings (SSSR count). The third-order valence-corrected chi connectivity index (χ3v) is 6.07. The monoisotopic (exact) mass is 451 g/mol. The van der Waals surface area contributed by atoms with Crippen LogP contribution in [-0.2, 0) is 13.0 Å². The lowest BCUT2D eigenvalue weighted by Crippen LogP contribution is -2.40. The van der Waals surface area contributed by atoms with Crippen LogP contribution >= 0.6 is 0 Å². The summed E-state index contributed by atoms with van der Waals surface area (Å²) in [5.74, 6) is -0.437. The van der Waals surface area contributed by atoms with Gasteiger partial charge < -0.3 is 9.64 Å². The Labute approximate surface area is 189 Å². The molecule has 1 N–H and O–H groups in total. The quantitative estimate of drug-likeness (QED) is 0.596. The van der Waals surface area contributed by atoms with E-state index in [1.54, 1.807) is 12.4 Å². The van der Waals surface area contributed by atoms with Crippen molar-refractivity contribution in [3.05, 3.63) is 53.6 Å². The second kappa shape index (κ2) is 9.11. The molecular formula is C23H23F2N7O. The predicted octanol–water partition coefficient (Wildman–Crippen LogP) is 3.07. The molecule has 0 unspecified atom stereocenters. The number of aromatic amines is 1. The molecule has 1 saturated heterocycles. The lowest BCUT2D eigenvalue weighted by molar-refractivity contribution is 0.163. The molecule has 1 aromatic carbocycles. The largest absolute Gasteiger partial charge is 0.487 e. The molecule has 2 aliphatic rings. The van der Waals surface area contributed by atoms with E-state index in [2.05, 4.69) is 26.1 Å². The van der Waals surface area contributed by atoms with Crippen LogP contribution in [0, 0.1) is 23.0 Å². The number of halogens is 2. The molecule has 2 aliphatic heterocycles. The van der Waals surface area contributed by atoms with Gasteiger partial charge in [0.2, 0.25) is 0 Å². The summed E-state index contributed by atoms with van der Waals surface area (Å²) in [7, 11) is 0. The van der Waals surface area contributed by atoms with Crippen LogP contribution in [0.1, 0.15) is 24.2 Å². The SMILES string of the molecule is N#CCN1CCc2nc(N3CCC(Oc4ccc(F)cc4F)CC3)c(-c3cn[nH]c3)nc2C1. The molecule has 0 bridgehead atoms. The summed E-state index contributed by atoms with van der Waals surface area (Å²) in [5, 5.41) is 15.9. The van der Waals surface area contributed by atoms with E-state index in [0.29, 0.717) is 39.0 Å². The Kier molecular flexibility index (Phi) is 5.88. The Balaban J connectivity index is 1.35. The van der Waals surface area contributed by atoms with Crippen molar-refractivity contribution >= 4 is 5.82 Å². The Morgan fingerprint density at radius 1 is 1.15 bits per heavy atom. The number of nitriles is 1. The van der Waals surface area contributed by atoms with Crippen LogP contribution in [0.2, 0.25) is 0 Å². The highest BCUT2D eigenvalue weighted by molar-refractivity contribution is 5.71.